The molecule has 1 aromatic carbocycles. The van der Waals surface area contributed by atoms with Gasteiger partial charge >= 0.3 is 0 Å². The molecule has 5 nitrogen and oxygen atoms in total. The van der Waals surface area contributed by atoms with Crippen LogP contribution in [-0.2, 0) is 11.2 Å². The van der Waals surface area contributed by atoms with E-state index in [4.69, 9.17) is 20.9 Å². The molecule has 100 valence electrons. The summed E-state index contributed by atoms with van der Waals surface area (Å²) in [5, 5.41) is 8.03. The van der Waals surface area contributed by atoms with Crippen LogP contribution in [0.4, 0.5) is 0 Å². The molecule has 1 fully saturated rings. The van der Waals surface area contributed by atoms with Gasteiger partial charge in [-0.15, -0.1) is 0 Å². The van der Waals surface area contributed by atoms with Gasteiger partial charge in [0.15, 0.2) is 0 Å². The summed E-state index contributed by atoms with van der Waals surface area (Å²) in [4.78, 5) is 4.39. The van der Waals surface area contributed by atoms with E-state index in [0.717, 1.165) is 18.7 Å². The van der Waals surface area contributed by atoms with E-state index in [1.54, 1.807) is 0 Å². The molecular formula is C13H14ClN3O2. The van der Waals surface area contributed by atoms with Gasteiger partial charge in [0.25, 0.3) is 0 Å². The highest BCUT2D eigenvalue weighted by Crippen LogP contribution is 2.19. The summed E-state index contributed by atoms with van der Waals surface area (Å²) in [6.07, 6.45) is 0.681. The summed E-state index contributed by atoms with van der Waals surface area (Å²) in [7, 11) is 0. The van der Waals surface area contributed by atoms with Gasteiger partial charge in [-0.3, -0.25) is 0 Å². The summed E-state index contributed by atoms with van der Waals surface area (Å²) in [6.45, 7) is 2.30. The Morgan fingerprint density at radius 2 is 2.16 bits per heavy atom. The molecule has 0 aliphatic carbocycles. The summed E-state index contributed by atoms with van der Waals surface area (Å²) < 4.78 is 10.7. The van der Waals surface area contributed by atoms with E-state index < -0.39 is 0 Å². The fraction of sp³-hybridized carbons (Fsp3) is 0.385. The van der Waals surface area contributed by atoms with Crippen molar-refractivity contribution in [1.29, 1.82) is 0 Å². The molecule has 0 saturated carbocycles. The van der Waals surface area contributed by atoms with Crippen molar-refractivity contribution in [2.75, 3.05) is 19.8 Å². The molecule has 1 N–H and O–H groups in total. The third-order valence-corrected chi connectivity index (χ3v) is 3.24. The Labute approximate surface area is 115 Å². The second-order valence-electron chi connectivity index (χ2n) is 4.45. The first kappa shape index (κ1) is 12.6. The lowest BCUT2D eigenvalue weighted by molar-refractivity contribution is 0.0744. The van der Waals surface area contributed by atoms with E-state index in [1.807, 2.05) is 24.3 Å². The normalized spacial score (nSPS) is 19.5. The Balaban J connectivity index is 1.70. The highest BCUT2D eigenvalue weighted by Gasteiger charge is 2.17. The monoisotopic (exact) mass is 279 g/mol. The Hall–Kier alpha value is -1.43. The molecule has 2 aromatic rings. The molecule has 6 heteroatoms. The van der Waals surface area contributed by atoms with Crippen LogP contribution in [0.2, 0.25) is 5.02 Å². The topological polar surface area (TPSA) is 60.2 Å². The van der Waals surface area contributed by atoms with Crippen molar-refractivity contribution in [1.82, 2.24) is 15.5 Å². The third-order valence-electron chi connectivity index (χ3n) is 2.99. The fourth-order valence-corrected chi connectivity index (χ4v) is 2.14. The zero-order valence-corrected chi connectivity index (χ0v) is 11.1. The van der Waals surface area contributed by atoms with Crippen LogP contribution in [-0.4, -0.2) is 35.9 Å². The van der Waals surface area contributed by atoms with Crippen LogP contribution in [0.5, 0.6) is 0 Å². The Kier molecular flexibility index (Phi) is 3.77. The van der Waals surface area contributed by atoms with Crippen LogP contribution in [0.25, 0.3) is 11.4 Å². The number of nitrogens with one attached hydrogen (secondary N) is 1. The first-order valence-electron chi connectivity index (χ1n) is 6.21. The number of nitrogens with zero attached hydrogens (tertiary/aromatic N) is 2. The standard InChI is InChI=1S/C13H14ClN3O2/c14-10-3-1-9(2-4-10)13-16-12(19-17-13)7-11-8-18-6-5-15-11/h1-4,11,15H,5-8H2. The molecular weight excluding hydrogens is 266 g/mol. The Bertz CT molecular complexity index is 535. The average Bonchev–Trinajstić information content (AvgIpc) is 2.89. The van der Waals surface area contributed by atoms with Gasteiger partial charge < -0.3 is 14.6 Å². The van der Waals surface area contributed by atoms with Crippen LogP contribution >= 0.6 is 11.6 Å². The predicted molar refractivity (Wildman–Crippen MR) is 71.1 cm³/mol. The lowest BCUT2D eigenvalue weighted by atomic mass is 10.2. The van der Waals surface area contributed by atoms with E-state index in [1.165, 1.54) is 0 Å². The smallest absolute Gasteiger partial charge is 0.228 e. The van der Waals surface area contributed by atoms with Gasteiger partial charge in [0.1, 0.15) is 0 Å². The minimum absolute atomic E-state index is 0.243. The van der Waals surface area contributed by atoms with Crippen LogP contribution in [0.1, 0.15) is 5.89 Å². The zero-order chi connectivity index (χ0) is 13.1. The molecule has 19 heavy (non-hydrogen) atoms. The maximum absolute atomic E-state index is 5.85. The van der Waals surface area contributed by atoms with Crippen molar-refractivity contribution >= 4 is 11.6 Å². The maximum atomic E-state index is 5.85. The fourth-order valence-electron chi connectivity index (χ4n) is 2.02. The number of halogens is 1. The van der Waals surface area contributed by atoms with Crippen molar-refractivity contribution in [3.8, 4) is 11.4 Å². The SMILES string of the molecule is Clc1ccc(-c2noc(CC3COCCN3)n2)cc1. The van der Waals surface area contributed by atoms with Crippen molar-refractivity contribution in [3.05, 3.63) is 35.2 Å². The second-order valence-corrected chi connectivity index (χ2v) is 4.89. The van der Waals surface area contributed by atoms with Crippen molar-refractivity contribution < 1.29 is 9.26 Å². The van der Waals surface area contributed by atoms with Crippen molar-refractivity contribution in [2.45, 2.75) is 12.5 Å². The van der Waals surface area contributed by atoms with Crippen molar-refractivity contribution in [2.24, 2.45) is 0 Å². The summed E-state index contributed by atoms with van der Waals surface area (Å²) in [6, 6.07) is 7.61. The largest absolute Gasteiger partial charge is 0.378 e. The number of morpholine rings is 1. The molecule has 1 aliphatic heterocycles. The van der Waals surface area contributed by atoms with Gasteiger partial charge in [-0.05, 0) is 24.3 Å². The van der Waals surface area contributed by atoms with Gasteiger partial charge in [-0.25, -0.2) is 0 Å². The van der Waals surface area contributed by atoms with Crippen LogP contribution in [0.15, 0.2) is 28.8 Å². The predicted octanol–water partition coefficient (Wildman–Crippen LogP) is 1.92. The number of rotatable bonds is 3. The van der Waals surface area contributed by atoms with Crippen LogP contribution in [0, 0.1) is 0 Å². The van der Waals surface area contributed by atoms with Gasteiger partial charge in [-0.2, -0.15) is 4.98 Å². The van der Waals surface area contributed by atoms with Crippen LogP contribution in [0.3, 0.4) is 0 Å². The number of ether oxygens (including phenoxy) is 1. The van der Waals surface area contributed by atoms with E-state index in [2.05, 4.69) is 15.5 Å². The summed E-state index contributed by atoms with van der Waals surface area (Å²) >= 11 is 5.85. The molecule has 2 heterocycles. The minimum Gasteiger partial charge on any atom is -0.378 e. The van der Waals surface area contributed by atoms with E-state index in [-0.39, 0.29) is 6.04 Å². The molecule has 1 aromatic heterocycles. The maximum Gasteiger partial charge on any atom is 0.228 e. The molecule has 1 saturated heterocycles. The van der Waals surface area contributed by atoms with Gasteiger partial charge in [-0.1, -0.05) is 16.8 Å². The van der Waals surface area contributed by atoms with Gasteiger partial charge in [0.2, 0.25) is 11.7 Å². The minimum atomic E-state index is 0.243. The highest BCUT2D eigenvalue weighted by atomic mass is 35.5. The highest BCUT2D eigenvalue weighted by molar-refractivity contribution is 6.30. The summed E-state index contributed by atoms with van der Waals surface area (Å²) in [5.41, 5.74) is 0.896. The lowest BCUT2D eigenvalue weighted by Gasteiger charge is -2.22. The van der Waals surface area contributed by atoms with Gasteiger partial charge in [0, 0.05) is 29.6 Å². The molecule has 3 rings (SSSR count). The van der Waals surface area contributed by atoms with Gasteiger partial charge in [0.05, 0.1) is 13.2 Å². The molecule has 0 spiro atoms. The van der Waals surface area contributed by atoms with Crippen LogP contribution < -0.4 is 5.32 Å². The molecule has 1 unspecified atom stereocenters. The number of hydrogen-bond donors (Lipinski definition) is 1. The Morgan fingerprint density at radius 1 is 1.32 bits per heavy atom. The van der Waals surface area contributed by atoms with E-state index in [0.29, 0.717) is 29.8 Å². The Morgan fingerprint density at radius 3 is 2.89 bits per heavy atom. The summed E-state index contributed by atoms with van der Waals surface area (Å²) in [5.74, 6) is 1.20. The first-order valence-corrected chi connectivity index (χ1v) is 6.59. The average molecular weight is 280 g/mol. The molecule has 0 amide bonds. The molecule has 0 bridgehead atoms. The quantitative estimate of drug-likeness (QED) is 0.930. The zero-order valence-electron chi connectivity index (χ0n) is 10.3. The number of benzene rings is 1. The number of hydrogen-bond acceptors (Lipinski definition) is 5. The second kappa shape index (κ2) is 5.69. The van der Waals surface area contributed by atoms with E-state index in [9.17, 15) is 0 Å². The van der Waals surface area contributed by atoms with Crippen molar-refractivity contribution in [3.63, 3.8) is 0 Å². The third kappa shape index (κ3) is 3.12. The first-order chi connectivity index (χ1) is 9.31. The number of aromatic nitrogens is 2. The lowest BCUT2D eigenvalue weighted by Crippen LogP contribution is -2.42. The molecule has 0 radical (unpaired) electrons. The van der Waals surface area contributed by atoms with E-state index >= 15 is 0 Å². The molecule has 1 aliphatic rings. The molecule has 1 atom stereocenters.